The van der Waals surface area contributed by atoms with Crippen molar-refractivity contribution in [3.63, 3.8) is 0 Å². The highest BCUT2D eigenvalue weighted by Gasteiger charge is 2.38. The van der Waals surface area contributed by atoms with Crippen molar-refractivity contribution >= 4 is 21.4 Å². The normalized spacial score (nSPS) is 14.3. The number of benzene rings is 1. The second-order valence-corrected chi connectivity index (χ2v) is 8.46. The molecule has 0 radical (unpaired) electrons. The van der Waals surface area contributed by atoms with Gasteiger partial charge in [-0.1, -0.05) is 18.5 Å². The molecule has 1 rings (SSSR count). The molecule has 0 bridgehead atoms. The Labute approximate surface area is 125 Å². The average Bonchev–Trinajstić information content (AvgIpc) is 2.31. The van der Waals surface area contributed by atoms with Gasteiger partial charge in [-0.2, -0.15) is 0 Å². The Hall–Kier alpha value is -0.650. The summed E-state index contributed by atoms with van der Waals surface area (Å²) in [5.41, 5.74) is 0.417. The van der Waals surface area contributed by atoms with Gasteiger partial charge in [-0.05, 0) is 50.6 Å². The molecule has 0 spiro atoms. The summed E-state index contributed by atoms with van der Waals surface area (Å²) >= 11 is 5.88. The fourth-order valence-electron chi connectivity index (χ4n) is 1.99. The van der Waals surface area contributed by atoms with Crippen molar-refractivity contribution in [2.75, 3.05) is 12.8 Å². The highest BCUT2D eigenvalue weighted by atomic mass is 35.5. The van der Waals surface area contributed by atoms with E-state index < -0.39 is 20.6 Å². The van der Waals surface area contributed by atoms with E-state index in [0.717, 1.165) is 0 Å². The van der Waals surface area contributed by atoms with Gasteiger partial charge in [-0.25, -0.2) is 12.8 Å². The molecule has 1 N–H and O–H groups in total. The monoisotopic (exact) mass is 321 g/mol. The van der Waals surface area contributed by atoms with E-state index in [1.165, 1.54) is 18.4 Å². The van der Waals surface area contributed by atoms with Gasteiger partial charge < -0.3 is 5.32 Å². The predicted molar refractivity (Wildman–Crippen MR) is 81.5 cm³/mol. The van der Waals surface area contributed by atoms with Gasteiger partial charge in [0.1, 0.15) is 5.82 Å². The van der Waals surface area contributed by atoms with Crippen LogP contribution in [0.4, 0.5) is 4.39 Å². The quantitative estimate of drug-likeness (QED) is 0.876. The molecular weight excluding hydrogens is 301 g/mol. The lowest BCUT2D eigenvalue weighted by Gasteiger charge is -2.33. The van der Waals surface area contributed by atoms with Crippen LogP contribution in [-0.2, 0) is 16.3 Å². The largest absolute Gasteiger partial charge is 0.312 e. The highest BCUT2D eigenvalue weighted by molar-refractivity contribution is 7.92. The van der Waals surface area contributed by atoms with E-state index in [9.17, 15) is 12.8 Å². The Kier molecular flexibility index (Phi) is 5.58. The van der Waals surface area contributed by atoms with Crippen LogP contribution in [0.15, 0.2) is 18.2 Å². The van der Waals surface area contributed by atoms with E-state index in [-0.39, 0.29) is 12.2 Å². The summed E-state index contributed by atoms with van der Waals surface area (Å²) in [6.07, 6.45) is 1.46. The van der Waals surface area contributed by atoms with Crippen LogP contribution in [0.3, 0.4) is 0 Å². The summed E-state index contributed by atoms with van der Waals surface area (Å²) in [6.45, 7) is 5.79. The lowest BCUT2D eigenvalue weighted by molar-refractivity contribution is 0.408. The molecule has 0 fully saturated rings. The fourth-order valence-corrected chi connectivity index (χ4v) is 2.87. The SMILES string of the molecule is CCNC(Cc1cc(Cl)ccc1F)C(C)(C)S(C)(=O)=O. The molecule has 0 aliphatic carbocycles. The van der Waals surface area contributed by atoms with Crippen LogP contribution in [-0.4, -0.2) is 32.0 Å². The molecule has 3 nitrogen and oxygen atoms in total. The highest BCUT2D eigenvalue weighted by Crippen LogP contribution is 2.25. The maximum atomic E-state index is 13.8. The first-order valence-corrected chi connectivity index (χ1v) is 8.73. The Morgan fingerprint density at radius 1 is 1.40 bits per heavy atom. The average molecular weight is 322 g/mol. The zero-order valence-corrected chi connectivity index (χ0v) is 13.8. The molecule has 1 aromatic carbocycles. The number of halogens is 2. The minimum Gasteiger partial charge on any atom is -0.312 e. The Balaban J connectivity index is 3.13. The minimum absolute atomic E-state index is 0.264. The zero-order valence-electron chi connectivity index (χ0n) is 12.2. The number of likely N-dealkylation sites (N-methyl/N-ethyl adjacent to an activating group) is 1. The number of hydrogen-bond donors (Lipinski definition) is 1. The summed E-state index contributed by atoms with van der Waals surface area (Å²) in [6, 6.07) is 3.92. The van der Waals surface area contributed by atoms with E-state index in [2.05, 4.69) is 5.32 Å². The molecule has 6 heteroatoms. The van der Waals surface area contributed by atoms with Crippen LogP contribution < -0.4 is 5.32 Å². The molecule has 1 atom stereocenters. The standard InChI is InChI=1S/C14H21ClFNO2S/c1-5-17-13(14(2,3)20(4,18)19)9-10-8-11(15)6-7-12(10)16/h6-8,13,17H,5,9H2,1-4H3. The first-order chi connectivity index (χ1) is 9.09. The first kappa shape index (κ1) is 17.4. The molecule has 114 valence electrons. The molecule has 1 unspecified atom stereocenters. The summed E-state index contributed by atoms with van der Waals surface area (Å²) in [5.74, 6) is -0.374. The van der Waals surface area contributed by atoms with Gasteiger partial charge in [0.2, 0.25) is 0 Å². The zero-order chi connectivity index (χ0) is 15.6. The van der Waals surface area contributed by atoms with E-state index >= 15 is 0 Å². The molecule has 20 heavy (non-hydrogen) atoms. The van der Waals surface area contributed by atoms with Crippen LogP contribution in [0.5, 0.6) is 0 Å². The maximum absolute atomic E-state index is 13.8. The molecule has 0 aliphatic rings. The first-order valence-electron chi connectivity index (χ1n) is 6.46. The number of rotatable bonds is 6. The summed E-state index contributed by atoms with van der Waals surface area (Å²) in [4.78, 5) is 0. The molecule has 0 aromatic heterocycles. The van der Waals surface area contributed by atoms with Crippen LogP contribution >= 0.6 is 11.6 Å². The number of hydrogen-bond acceptors (Lipinski definition) is 3. The molecule has 0 saturated heterocycles. The van der Waals surface area contributed by atoms with Gasteiger partial charge in [0, 0.05) is 17.3 Å². The summed E-state index contributed by atoms with van der Waals surface area (Å²) < 4.78 is 36.7. The Bertz CT molecular complexity index is 573. The predicted octanol–water partition coefficient (Wildman–Crippen LogP) is 2.82. The van der Waals surface area contributed by atoms with Crippen molar-refractivity contribution < 1.29 is 12.8 Å². The third-order valence-corrected chi connectivity index (χ3v) is 6.11. The van der Waals surface area contributed by atoms with E-state index in [1.807, 2.05) is 6.92 Å². The third kappa shape index (κ3) is 3.93. The van der Waals surface area contributed by atoms with E-state index in [1.54, 1.807) is 19.9 Å². The van der Waals surface area contributed by atoms with E-state index in [4.69, 9.17) is 11.6 Å². The molecule has 0 heterocycles. The van der Waals surface area contributed by atoms with Crippen LogP contribution in [0.1, 0.15) is 26.3 Å². The minimum atomic E-state index is -3.28. The third-order valence-electron chi connectivity index (χ3n) is 3.68. The van der Waals surface area contributed by atoms with Crippen molar-refractivity contribution in [3.05, 3.63) is 34.6 Å². The topological polar surface area (TPSA) is 46.2 Å². The van der Waals surface area contributed by atoms with Gasteiger partial charge in [-0.3, -0.25) is 0 Å². The lowest BCUT2D eigenvalue weighted by atomic mass is 9.95. The van der Waals surface area contributed by atoms with Gasteiger partial charge >= 0.3 is 0 Å². The van der Waals surface area contributed by atoms with Crippen molar-refractivity contribution in [2.45, 2.75) is 38.0 Å². The Morgan fingerprint density at radius 2 is 2.00 bits per heavy atom. The van der Waals surface area contributed by atoms with Crippen molar-refractivity contribution in [2.24, 2.45) is 0 Å². The van der Waals surface area contributed by atoms with Crippen molar-refractivity contribution in [1.29, 1.82) is 0 Å². The van der Waals surface area contributed by atoms with Gasteiger partial charge in [0.25, 0.3) is 0 Å². The van der Waals surface area contributed by atoms with Crippen LogP contribution in [0.25, 0.3) is 0 Å². The van der Waals surface area contributed by atoms with Gasteiger partial charge in [0.15, 0.2) is 9.84 Å². The molecule has 0 saturated carbocycles. The number of nitrogens with one attached hydrogen (secondary N) is 1. The molecule has 1 aromatic rings. The van der Waals surface area contributed by atoms with Gasteiger partial charge in [-0.15, -0.1) is 0 Å². The second-order valence-electron chi connectivity index (χ2n) is 5.43. The molecule has 0 amide bonds. The van der Waals surface area contributed by atoms with Crippen LogP contribution in [0.2, 0.25) is 5.02 Å². The molecule has 0 aliphatic heterocycles. The lowest BCUT2D eigenvalue weighted by Crippen LogP contribution is -2.52. The van der Waals surface area contributed by atoms with Crippen molar-refractivity contribution in [3.8, 4) is 0 Å². The Morgan fingerprint density at radius 3 is 2.50 bits per heavy atom. The fraction of sp³-hybridized carbons (Fsp3) is 0.571. The second kappa shape index (κ2) is 6.41. The van der Waals surface area contributed by atoms with Gasteiger partial charge in [0.05, 0.1) is 4.75 Å². The van der Waals surface area contributed by atoms with Crippen LogP contribution in [0, 0.1) is 5.82 Å². The van der Waals surface area contributed by atoms with E-state index in [0.29, 0.717) is 17.1 Å². The smallest absolute Gasteiger partial charge is 0.154 e. The maximum Gasteiger partial charge on any atom is 0.154 e. The number of sulfone groups is 1. The van der Waals surface area contributed by atoms with Crippen molar-refractivity contribution in [1.82, 2.24) is 5.32 Å². The summed E-state index contributed by atoms with van der Waals surface area (Å²) in [7, 11) is -3.28. The molecular formula is C14H21ClFNO2S. The summed E-state index contributed by atoms with van der Waals surface area (Å²) in [5, 5.41) is 3.57.